The van der Waals surface area contributed by atoms with Crippen molar-refractivity contribution in [3.05, 3.63) is 29.5 Å². The number of hydrogen-bond acceptors (Lipinski definition) is 3. The molecule has 1 atom stereocenters. The maximum absolute atomic E-state index is 5.29. The normalized spacial score (nSPS) is 26.3. The van der Waals surface area contributed by atoms with E-state index in [1.165, 1.54) is 5.57 Å². The van der Waals surface area contributed by atoms with E-state index in [9.17, 15) is 0 Å². The van der Waals surface area contributed by atoms with Crippen LogP contribution in [0.25, 0.3) is 0 Å². The van der Waals surface area contributed by atoms with E-state index in [0.29, 0.717) is 5.92 Å². The molecule has 1 aliphatic heterocycles. The van der Waals surface area contributed by atoms with Gasteiger partial charge in [-0.25, -0.2) is 0 Å². The lowest BCUT2D eigenvalue weighted by molar-refractivity contribution is 0.0394. The van der Waals surface area contributed by atoms with Crippen LogP contribution in [0.1, 0.15) is 6.92 Å². The average molecular weight is 218 g/mol. The third-order valence-corrected chi connectivity index (χ3v) is 2.90. The molecule has 1 aliphatic carbocycles. The predicted octanol–water partition coefficient (Wildman–Crippen LogP) is 1.63. The highest BCUT2D eigenvalue weighted by atomic mass is 16.5. The Morgan fingerprint density at radius 1 is 1.56 bits per heavy atom. The first-order valence-electron chi connectivity index (χ1n) is 5.76. The minimum absolute atomic E-state index is 0.325. The van der Waals surface area contributed by atoms with Crippen LogP contribution >= 0.6 is 0 Å². The number of aliphatic imine (C=N–C) groups is 1. The largest absolute Gasteiger partial charge is 0.379 e. The summed E-state index contributed by atoms with van der Waals surface area (Å²) in [6, 6.07) is 0. The molecule has 2 aliphatic rings. The smallest absolute Gasteiger partial charge is 0.0907 e. The lowest BCUT2D eigenvalue weighted by Crippen LogP contribution is -2.36. The molecule has 0 amide bonds. The summed E-state index contributed by atoms with van der Waals surface area (Å²) in [6.07, 6.45) is 8.10. The number of rotatable bonds is 3. The molecule has 3 heteroatoms. The van der Waals surface area contributed by atoms with Crippen molar-refractivity contribution in [1.29, 1.82) is 0 Å². The van der Waals surface area contributed by atoms with Gasteiger partial charge in [0.2, 0.25) is 0 Å². The Kier molecular flexibility index (Phi) is 4.11. The predicted molar refractivity (Wildman–Crippen MR) is 65.7 cm³/mol. The van der Waals surface area contributed by atoms with Gasteiger partial charge in [0.05, 0.1) is 19.9 Å². The van der Waals surface area contributed by atoms with E-state index in [1.54, 1.807) is 0 Å². The highest BCUT2D eigenvalue weighted by molar-refractivity contribution is 5.68. The Balaban J connectivity index is 1.80. The van der Waals surface area contributed by atoms with Crippen LogP contribution in [-0.4, -0.2) is 44.1 Å². The zero-order chi connectivity index (χ0) is 11.2. The molecule has 0 saturated carbocycles. The Labute approximate surface area is 96.8 Å². The number of nitrogens with zero attached hydrogens (tertiary/aromatic N) is 2. The van der Waals surface area contributed by atoms with Crippen molar-refractivity contribution in [1.82, 2.24) is 4.90 Å². The van der Waals surface area contributed by atoms with Crippen LogP contribution < -0.4 is 0 Å². The molecule has 0 aromatic carbocycles. The van der Waals surface area contributed by atoms with E-state index in [1.807, 2.05) is 12.3 Å². The summed E-state index contributed by atoms with van der Waals surface area (Å²) in [4.78, 5) is 6.80. The van der Waals surface area contributed by atoms with E-state index >= 15 is 0 Å². The van der Waals surface area contributed by atoms with Gasteiger partial charge in [-0.2, -0.15) is 0 Å². The first kappa shape index (κ1) is 11.3. The molecule has 0 bridgehead atoms. The SMILES string of the molecule is CC1=CC=C=CC1/C=N\CN1CCOCC1. The molecular formula is C13H18N2O. The van der Waals surface area contributed by atoms with E-state index in [-0.39, 0.29) is 0 Å². The van der Waals surface area contributed by atoms with Crippen molar-refractivity contribution >= 4 is 6.21 Å². The Morgan fingerprint density at radius 3 is 3.12 bits per heavy atom. The average Bonchev–Trinajstić information content (AvgIpc) is 2.33. The summed E-state index contributed by atoms with van der Waals surface area (Å²) in [5.41, 5.74) is 4.43. The lowest BCUT2D eigenvalue weighted by atomic mass is 9.99. The molecule has 1 unspecified atom stereocenters. The van der Waals surface area contributed by atoms with Crippen LogP contribution in [-0.2, 0) is 4.74 Å². The van der Waals surface area contributed by atoms with Crippen molar-refractivity contribution in [3.8, 4) is 0 Å². The standard InChI is InChI=1S/C13H18N2O/c1-12-4-2-3-5-13(12)10-14-11-15-6-8-16-9-7-15/h2,4-5,10,13H,6-9,11H2,1H3/b14-10-. The summed E-state index contributed by atoms with van der Waals surface area (Å²) >= 11 is 0. The van der Waals surface area contributed by atoms with Crippen LogP contribution in [0.2, 0.25) is 0 Å². The third kappa shape index (κ3) is 3.17. The number of morpholine rings is 1. The summed E-state index contributed by atoms with van der Waals surface area (Å²) in [7, 11) is 0. The van der Waals surface area contributed by atoms with Crippen molar-refractivity contribution < 1.29 is 4.74 Å². The molecule has 0 radical (unpaired) electrons. The van der Waals surface area contributed by atoms with Gasteiger partial charge in [0.25, 0.3) is 0 Å². The van der Waals surface area contributed by atoms with E-state index in [0.717, 1.165) is 33.0 Å². The van der Waals surface area contributed by atoms with Crippen molar-refractivity contribution in [2.24, 2.45) is 10.9 Å². The summed E-state index contributed by atoms with van der Waals surface area (Å²) < 4.78 is 5.29. The highest BCUT2D eigenvalue weighted by Crippen LogP contribution is 2.12. The molecule has 0 N–H and O–H groups in total. The van der Waals surface area contributed by atoms with Gasteiger partial charge in [-0.1, -0.05) is 11.6 Å². The minimum Gasteiger partial charge on any atom is -0.379 e. The first-order valence-corrected chi connectivity index (χ1v) is 5.76. The quantitative estimate of drug-likeness (QED) is 0.531. The van der Waals surface area contributed by atoms with E-state index in [4.69, 9.17) is 4.74 Å². The fraction of sp³-hybridized carbons (Fsp3) is 0.538. The third-order valence-electron chi connectivity index (χ3n) is 2.90. The molecule has 16 heavy (non-hydrogen) atoms. The highest BCUT2D eigenvalue weighted by Gasteiger charge is 2.09. The summed E-state index contributed by atoms with van der Waals surface area (Å²) in [6.45, 7) is 6.56. The number of hydrogen-bond donors (Lipinski definition) is 0. The molecule has 1 fully saturated rings. The minimum atomic E-state index is 0.325. The van der Waals surface area contributed by atoms with Crippen LogP contribution in [0.3, 0.4) is 0 Å². The van der Waals surface area contributed by atoms with Gasteiger partial charge in [-0.15, -0.1) is 5.73 Å². The van der Waals surface area contributed by atoms with E-state index < -0.39 is 0 Å². The molecule has 1 saturated heterocycles. The first-order chi connectivity index (χ1) is 7.86. The second kappa shape index (κ2) is 5.80. The Hall–Kier alpha value is -1.15. The lowest BCUT2D eigenvalue weighted by Gasteiger charge is -2.24. The van der Waals surface area contributed by atoms with Gasteiger partial charge < -0.3 is 4.74 Å². The summed E-state index contributed by atoms with van der Waals surface area (Å²) in [5, 5.41) is 0. The van der Waals surface area contributed by atoms with Gasteiger partial charge >= 0.3 is 0 Å². The van der Waals surface area contributed by atoms with E-state index in [2.05, 4.69) is 34.7 Å². The maximum atomic E-state index is 5.29. The van der Waals surface area contributed by atoms with Crippen molar-refractivity contribution in [2.75, 3.05) is 33.0 Å². The van der Waals surface area contributed by atoms with Crippen LogP contribution in [0.4, 0.5) is 0 Å². The molecule has 0 spiro atoms. The number of allylic oxidation sites excluding steroid dienone is 3. The molecular weight excluding hydrogens is 200 g/mol. The zero-order valence-electron chi connectivity index (χ0n) is 9.72. The van der Waals surface area contributed by atoms with Crippen molar-refractivity contribution in [3.63, 3.8) is 0 Å². The van der Waals surface area contributed by atoms with Gasteiger partial charge in [-0.05, 0) is 19.1 Å². The molecule has 2 rings (SSSR count). The zero-order valence-corrected chi connectivity index (χ0v) is 9.72. The Morgan fingerprint density at radius 2 is 2.38 bits per heavy atom. The second-order valence-electron chi connectivity index (χ2n) is 4.14. The van der Waals surface area contributed by atoms with Crippen LogP contribution in [0.5, 0.6) is 0 Å². The van der Waals surface area contributed by atoms with Crippen LogP contribution in [0, 0.1) is 5.92 Å². The second-order valence-corrected chi connectivity index (χ2v) is 4.14. The molecule has 3 nitrogen and oxygen atoms in total. The molecule has 1 heterocycles. The molecule has 0 aromatic heterocycles. The van der Waals surface area contributed by atoms with Gasteiger partial charge in [0.15, 0.2) is 0 Å². The summed E-state index contributed by atoms with van der Waals surface area (Å²) in [5.74, 6) is 0.325. The molecule has 0 aromatic rings. The maximum Gasteiger partial charge on any atom is 0.0907 e. The van der Waals surface area contributed by atoms with Gasteiger partial charge in [0, 0.05) is 25.2 Å². The molecule has 86 valence electrons. The monoisotopic (exact) mass is 218 g/mol. The van der Waals surface area contributed by atoms with Gasteiger partial charge in [0.1, 0.15) is 0 Å². The van der Waals surface area contributed by atoms with Crippen molar-refractivity contribution in [2.45, 2.75) is 6.92 Å². The topological polar surface area (TPSA) is 24.8 Å². The van der Waals surface area contributed by atoms with Crippen LogP contribution in [0.15, 0.2) is 34.5 Å². The fourth-order valence-corrected chi connectivity index (χ4v) is 1.76. The Bertz CT molecular complexity index is 345. The van der Waals surface area contributed by atoms with Gasteiger partial charge in [-0.3, -0.25) is 9.89 Å². The fourth-order valence-electron chi connectivity index (χ4n) is 1.76. The number of ether oxygens (including phenoxy) is 1.